The lowest BCUT2D eigenvalue weighted by molar-refractivity contribution is -0.114. The van der Waals surface area contributed by atoms with Crippen LogP contribution in [0.15, 0.2) is 18.2 Å². The van der Waals surface area contributed by atoms with Crippen LogP contribution in [0.4, 0.5) is 11.4 Å². The Balaban J connectivity index is 1.62. The molecule has 26 heavy (non-hydrogen) atoms. The highest BCUT2D eigenvalue weighted by molar-refractivity contribution is 7.91. The molecule has 2 saturated heterocycles. The lowest BCUT2D eigenvalue weighted by Crippen LogP contribution is -2.60. The highest BCUT2D eigenvalue weighted by Crippen LogP contribution is 2.30. The van der Waals surface area contributed by atoms with Crippen molar-refractivity contribution in [3.05, 3.63) is 23.8 Å². The summed E-state index contributed by atoms with van der Waals surface area (Å²) < 4.78 is 24.3. The average molecular weight is 378 g/mol. The molecule has 1 aromatic carbocycles. The van der Waals surface area contributed by atoms with E-state index in [1.165, 1.54) is 0 Å². The molecule has 2 fully saturated rings. The van der Waals surface area contributed by atoms with E-state index in [4.69, 9.17) is 0 Å². The number of hydrogen-bond acceptors (Lipinski definition) is 6. The van der Waals surface area contributed by atoms with Gasteiger partial charge >= 0.3 is 0 Å². The van der Waals surface area contributed by atoms with Gasteiger partial charge in [0.1, 0.15) is 0 Å². The number of nitrogens with one attached hydrogen (secondary N) is 2. The van der Waals surface area contributed by atoms with Gasteiger partial charge in [0.15, 0.2) is 9.84 Å². The SMILES string of the molecule is CCN1CCN(C(=O)c2ccc3c(c2)NC(=O)CN3)[C@@H]2CS(=O)(=O)C[C@@H]21. The summed E-state index contributed by atoms with van der Waals surface area (Å²) in [5, 5.41) is 5.75. The third-order valence-corrected chi connectivity index (χ3v) is 7.14. The molecule has 8 nitrogen and oxygen atoms in total. The van der Waals surface area contributed by atoms with Crippen molar-refractivity contribution >= 4 is 33.0 Å². The van der Waals surface area contributed by atoms with E-state index < -0.39 is 9.84 Å². The minimum absolute atomic E-state index is 0.0170. The predicted octanol–water partition coefficient (Wildman–Crippen LogP) is -0.00610. The summed E-state index contributed by atoms with van der Waals surface area (Å²) in [4.78, 5) is 28.5. The van der Waals surface area contributed by atoms with E-state index in [1.54, 1.807) is 23.1 Å². The minimum atomic E-state index is -3.14. The minimum Gasteiger partial charge on any atom is -0.374 e. The van der Waals surface area contributed by atoms with Crippen molar-refractivity contribution in [1.82, 2.24) is 9.80 Å². The number of fused-ring (bicyclic) bond motifs is 2. The van der Waals surface area contributed by atoms with Gasteiger partial charge in [-0.2, -0.15) is 0 Å². The molecule has 2 amide bonds. The fourth-order valence-corrected chi connectivity index (χ4v) is 6.15. The first-order valence-electron chi connectivity index (χ1n) is 8.81. The van der Waals surface area contributed by atoms with E-state index in [2.05, 4.69) is 15.5 Å². The molecule has 2 atom stereocenters. The van der Waals surface area contributed by atoms with Gasteiger partial charge in [0.05, 0.1) is 35.5 Å². The fourth-order valence-electron chi connectivity index (χ4n) is 4.14. The molecule has 9 heteroatoms. The number of carbonyl (C=O) groups is 2. The number of hydrogen-bond donors (Lipinski definition) is 2. The van der Waals surface area contributed by atoms with Crippen LogP contribution in [-0.4, -0.2) is 79.8 Å². The fraction of sp³-hybridized carbons (Fsp3) is 0.529. The Morgan fingerprint density at radius 2 is 1.96 bits per heavy atom. The van der Waals surface area contributed by atoms with Gasteiger partial charge in [-0.05, 0) is 24.7 Å². The molecule has 0 unspecified atom stereocenters. The Morgan fingerprint density at radius 3 is 2.73 bits per heavy atom. The molecule has 1 aromatic rings. The largest absolute Gasteiger partial charge is 0.374 e. The zero-order valence-electron chi connectivity index (χ0n) is 14.6. The summed E-state index contributed by atoms with van der Waals surface area (Å²) in [6.45, 7) is 4.17. The van der Waals surface area contributed by atoms with Crippen LogP contribution in [0.1, 0.15) is 17.3 Å². The molecule has 0 radical (unpaired) electrons. The normalized spacial score (nSPS) is 27.3. The number of rotatable bonds is 2. The number of likely N-dealkylation sites (N-methyl/N-ethyl adjacent to an activating group) is 1. The van der Waals surface area contributed by atoms with Crippen LogP contribution in [0.3, 0.4) is 0 Å². The van der Waals surface area contributed by atoms with Gasteiger partial charge in [-0.15, -0.1) is 0 Å². The number of carbonyl (C=O) groups excluding carboxylic acids is 2. The third-order valence-electron chi connectivity index (χ3n) is 5.44. The van der Waals surface area contributed by atoms with Crippen molar-refractivity contribution < 1.29 is 18.0 Å². The molecule has 4 rings (SSSR count). The number of anilines is 2. The average Bonchev–Trinajstić information content (AvgIpc) is 2.94. The molecule has 0 aliphatic carbocycles. The molecule has 3 aliphatic heterocycles. The molecule has 0 spiro atoms. The number of amides is 2. The summed E-state index contributed by atoms with van der Waals surface area (Å²) in [5.41, 5.74) is 1.81. The van der Waals surface area contributed by atoms with Crippen molar-refractivity contribution in [2.45, 2.75) is 19.0 Å². The van der Waals surface area contributed by atoms with Crippen molar-refractivity contribution in [3.8, 4) is 0 Å². The van der Waals surface area contributed by atoms with Crippen molar-refractivity contribution in [2.75, 3.05) is 48.3 Å². The lowest BCUT2D eigenvalue weighted by Gasteiger charge is -2.43. The third kappa shape index (κ3) is 2.95. The summed E-state index contributed by atoms with van der Waals surface area (Å²) in [5.74, 6) is -0.209. The Hall–Kier alpha value is -2.13. The smallest absolute Gasteiger partial charge is 0.254 e. The van der Waals surface area contributed by atoms with E-state index in [-0.39, 0.29) is 41.9 Å². The molecule has 2 N–H and O–H groups in total. The lowest BCUT2D eigenvalue weighted by atomic mass is 10.0. The van der Waals surface area contributed by atoms with Gasteiger partial charge in [0, 0.05) is 24.7 Å². The molecule has 3 aliphatic rings. The molecule has 0 aromatic heterocycles. The summed E-state index contributed by atoms with van der Waals surface area (Å²) in [7, 11) is -3.14. The number of benzene rings is 1. The topological polar surface area (TPSA) is 98.8 Å². The maximum atomic E-state index is 13.1. The van der Waals surface area contributed by atoms with Crippen LogP contribution in [0.2, 0.25) is 0 Å². The first kappa shape index (κ1) is 17.3. The van der Waals surface area contributed by atoms with Crippen molar-refractivity contribution in [2.24, 2.45) is 0 Å². The number of nitrogens with zero attached hydrogens (tertiary/aromatic N) is 2. The summed E-state index contributed by atoms with van der Waals surface area (Å²) in [6.07, 6.45) is 0. The van der Waals surface area contributed by atoms with E-state index in [9.17, 15) is 18.0 Å². The predicted molar refractivity (Wildman–Crippen MR) is 98.1 cm³/mol. The van der Waals surface area contributed by atoms with Gasteiger partial charge in [0.25, 0.3) is 5.91 Å². The van der Waals surface area contributed by atoms with Gasteiger partial charge in [-0.3, -0.25) is 14.5 Å². The molecule has 0 saturated carbocycles. The van der Waals surface area contributed by atoms with Crippen molar-refractivity contribution in [3.63, 3.8) is 0 Å². The Bertz CT molecular complexity index is 870. The van der Waals surface area contributed by atoms with E-state index >= 15 is 0 Å². The summed E-state index contributed by atoms with van der Waals surface area (Å²) in [6, 6.07) is 4.70. The second-order valence-electron chi connectivity index (χ2n) is 7.00. The van der Waals surface area contributed by atoms with Crippen LogP contribution in [0, 0.1) is 0 Å². The number of piperazine rings is 1. The maximum absolute atomic E-state index is 13.1. The van der Waals surface area contributed by atoms with Crippen LogP contribution < -0.4 is 10.6 Å². The van der Waals surface area contributed by atoms with Crippen LogP contribution in [0.25, 0.3) is 0 Å². The Morgan fingerprint density at radius 1 is 1.19 bits per heavy atom. The quantitative estimate of drug-likeness (QED) is 0.751. The molecule has 0 bridgehead atoms. The van der Waals surface area contributed by atoms with Crippen LogP contribution >= 0.6 is 0 Å². The first-order valence-corrected chi connectivity index (χ1v) is 10.6. The van der Waals surface area contributed by atoms with Crippen LogP contribution in [-0.2, 0) is 14.6 Å². The Kier molecular flexibility index (Phi) is 4.15. The Labute approximate surface area is 152 Å². The molecule has 140 valence electrons. The van der Waals surface area contributed by atoms with Crippen LogP contribution in [0.5, 0.6) is 0 Å². The maximum Gasteiger partial charge on any atom is 0.254 e. The molecular weight excluding hydrogens is 356 g/mol. The number of sulfone groups is 1. The van der Waals surface area contributed by atoms with Gasteiger partial charge in [0.2, 0.25) is 5.91 Å². The second-order valence-corrected chi connectivity index (χ2v) is 9.15. The van der Waals surface area contributed by atoms with Gasteiger partial charge in [-0.1, -0.05) is 6.92 Å². The standard InChI is InChI=1S/C17H22N4O4S/c1-2-20-5-6-21(15-10-26(24,25)9-14(15)20)17(23)11-3-4-12-13(7-11)19-16(22)8-18-12/h3-4,7,14-15,18H,2,5-6,8-10H2,1H3,(H,19,22)/t14-,15+/m0/s1. The zero-order valence-corrected chi connectivity index (χ0v) is 15.4. The second kappa shape index (κ2) is 6.24. The van der Waals surface area contributed by atoms with E-state index in [1.807, 2.05) is 6.92 Å². The highest BCUT2D eigenvalue weighted by atomic mass is 32.2. The first-order chi connectivity index (χ1) is 12.4. The van der Waals surface area contributed by atoms with E-state index in [0.29, 0.717) is 24.3 Å². The monoisotopic (exact) mass is 378 g/mol. The highest BCUT2D eigenvalue weighted by Gasteiger charge is 2.47. The van der Waals surface area contributed by atoms with Gasteiger partial charge < -0.3 is 15.5 Å². The van der Waals surface area contributed by atoms with Crippen molar-refractivity contribution in [1.29, 1.82) is 0 Å². The van der Waals surface area contributed by atoms with E-state index in [0.717, 1.165) is 12.2 Å². The molecule has 3 heterocycles. The zero-order chi connectivity index (χ0) is 18.5. The summed E-state index contributed by atoms with van der Waals surface area (Å²) >= 11 is 0. The molecular formula is C17H22N4O4S. The van der Waals surface area contributed by atoms with Gasteiger partial charge in [-0.25, -0.2) is 8.42 Å².